The Morgan fingerprint density at radius 2 is 1.70 bits per heavy atom. The molecule has 0 atom stereocenters. The predicted octanol–water partition coefficient (Wildman–Crippen LogP) is 1.33. The van der Waals surface area contributed by atoms with Crippen molar-refractivity contribution in [2.45, 2.75) is 51.0 Å². The molecule has 1 rings (SSSR count). The molecular formula is C14H25NO5. The van der Waals surface area contributed by atoms with Crippen LogP contribution in [0.2, 0.25) is 0 Å². The van der Waals surface area contributed by atoms with Crippen LogP contribution in [0.25, 0.3) is 0 Å². The van der Waals surface area contributed by atoms with E-state index < -0.39 is 11.5 Å². The molecular weight excluding hydrogens is 262 g/mol. The maximum absolute atomic E-state index is 11.8. The molecule has 1 fully saturated rings. The zero-order valence-corrected chi connectivity index (χ0v) is 12.2. The van der Waals surface area contributed by atoms with Gasteiger partial charge in [0.15, 0.2) is 0 Å². The number of hydrogen-bond donors (Lipinski definition) is 2. The molecule has 0 saturated heterocycles. The van der Waals surface area contributed by atoms with Crippen molar-refractivity contribution in [2.24, 2.45) is 0 Å². The highest BCUT2D eigenvalue weighted by molar-refractivity contribution is 5.87. The average Bonchev–Trinajstić information content (AvgIpc) is 2.65. The number of carbonyl (C=O) groups excluding carboxylic acids is 1. The van der Waals surface area contributed by atoms with Gasteiger partial charge in [-0.25, -0.2) is 4.79 Å². The highest BCUT2D eigenvalue weighted by Crippen LogP contribution is 2.27. The lowest BCUT2D eigenvalue weighted by Gasteiger charge is -2.29. The van der Waals surface area contributed by atoms with Crippen molar-refractivity contribution in [2.75, 3.05) is 26.4 Å². The minimum Gasteiger partial charge on any atom is -0.480 e. The fourth-order valence-corrected chi connectivity index (χ4v) is 2.45. The largest absolute Gasteiger partial charge is 0.480 e. The van der Waals surface area contributed by atoms with Gasteiger partial charge in [-0.15, -0.1) is 0 Å². The number of rotatable bonds is 8. The molecule has 2 N–H and O–H groups in total. The lowest BCUT2D eigenvalue weighted by molar-refractivity contribution is -0.149. The van der Waals surface area contributed by atoms with Gasteiger partial charge in [0.25, 0.3) is 0 Å². The fourth-order valence-electron chi connectivity index (χ4n) is 2.45. The molecule has 1 aliphatic carbocycles. The summed E-state index contributed by atoms with van der Waals surface area (Å²) in [5, 5.41) is 12.1. The number of hydrogen-bond acceptors (Lipinski definition) is 4. The van der Waals surface area contributed by atoms with E-state index in [9.17, 15) is 14.7 Å². The van der Waals surface area contributed by atoms with E-state index in [1.54, 1.807) is 0 Å². The number of carboxylic acids is 1. The van der Waals surface area contributed by atoms with Gasteiger partial charge in [0.05, 0.1) is 13.2 Å². The van der Waals surface area contributed by atoms with Crippen LogP contribution < -0.4 is 5.32 Å². The van der Waals surface area contributed by atoms with Gasteiger partial charge < -0.3 is 19.9 Å². The molecule has 1 saturated carbocycles. The Labute approximate surface area is 119 Å². The first kappa shape index (κ1) is 16.9. The van der Waals surface area contributed by atoms with Crippen LogP contribution in [0.4, 0.5) is 0 Å². The second kappa shape index (κ2) is 8.92. The van der Waals surface area contributed by atoms with Crippen molar-refractivity contribution < 1.29 is 24.2 Å². The summed E-state index contributed by atoms with van der Waals surface area (Å²) in [6.45, 7) is 3.14. The highest BCUT2D eigenvalue weighted by Gasteiger charge is 2.39. The van der Waals surface area contributed by atoms with E-state index in [2.05, 4.69) is 5.32 Å². The van der Waals surface area contributed by atoms with Crippen molar-refractivity contribution in [1.82, 2.24) is 5.32 Å². The monoisotopic (exact) mass is 287 g/mol. The molecule has 6 heteroatoms. The van der Waals surface area contributed by atoms with Crippen molar-refractivity contribution >= 4 is 11.9 Å². The van der Waals surface area contributed by atoms with Crippen LogP contribution in [0.15, 0.2) is 0 Å². The van der Waals surface area contributed by atoms with Gasteiger partial charge in [0.2, 0.25) is 5.91 Å². The van der Waals surface area contributed by atoms with Crippen LogP contribution in [0.1, 0.15) is 45.4 Å². The van der Waals surface area contributed by atoms with Crippen molar-refractivity contribution in [3.8, 4) is 0 Å². The van der Waals surface area contributed by atoms with E-state index in [1.807, 2.05) is 6.92 Å². The summed E-state index contributed by atoms with van der Waals surface area (Å²) in [6.07, 6.45) is 4.70. The van der Waals surface area contributed by atoms with Gasteiger partial charge in [-0.2, -0.15) is 0 Å². The number of aliphatic carboxylic acids is 1. The molecule has 20 heavy (non-hydrogen) atoms. The third-order valence-corrected chi connectivity index (χ3v) is 3.55. The highest BCUT2D eigenvalue weighted by atomic mass is 16.5. The van der Waals surface area contributed by atoms with Crippen molar-refractivity contribution in [1.29, 1.82) is 0 Å². The minimum atomic E-state index is -1.11. The lowest BCUT2D eigenvalue weighted by Crippen LogP contribution is -2.55. The van der Waals surface area contributed by atoms with Crippen LogP contribution in [0, 0.1) is 0 Å². The number of carboxylic acid groups (broad SMARTS) is 1. The maximum atomic E-state index is 11.8. The third kappa shape index (κ3) is 5.46. The number of nitrogens with one attached hydrogen (secondary N) is 1. The Hall–Kier alpha value is -1.14. The Morgan fingerprint density at radius 1 is 1.10 bits per heavy atom. The number of amides is 1. The van der Waals surface area contributed by atoms with Crippen LogP contribution >= 0.6 is 0 Å². The molecule has 0 aromatic carbocycles. The van der Waals surface area contributed by atoms with Crippen LogP contribution in [-0.2, 0) is 19.1 Å². The number of carbonyl (C=O) groups is 2. The Kier molecular flexibility index (Phi) is 7.54. The Balaban J connectivity index is 2.40. The second-order valence-electron chi connectivity index (χ2n) is 5.10. The topological polar surface area (TPSA) is 84.9 Å². The van der Waals surface area contributed by atoms with E-state index in [-0.39, 0.29) is 12.5 Å². The molecule has 0 bridgehead atoms. The number of ether oxygens (including phenoxy) is 2. The van der Waals surface area contributed by atoms with E-state index in [0.29, 0.717) is 32.7 Å². The third-order valence-electron chi connectivity index (χ3n) is 3.55. The van der Waals surface area contributed by atoms with Crippen LogP contribution in [0.5, 0.6) is 0 Å². The first-order valence-corrected chi connectivity index (χ1v) is 7.30. The van der Waals surface area contributed by atoms with E-state index in [0.717, 1.165) is 25.7 Å². The summed E-state index contributed by atoms with van der Waals surface area (Å²) in [6, 6.07) is 0. The Bertz CT molecular complexity index is 311. The first-order chi connectivity index (χ1) is 9.60. The summed E-state index contributed by atoms with van der Waals surface area (Å²) in [7, 11) is 0. The minimum absolute atomic E-state index is 0.123. The molecule has 0 heterocycles. The van der Waals surface area contributed by atoms with Gasteiger partial charge in [0.1, 0.15) is 12.1 Å². The lowest BCUT2D eigenvalue weighted by atomic mass is 9.90. The van der Waals surface area contributed by atoms with E-state index in [4.69, 9.17) is 9.47 Å². The molecule has 1 aliphatic rings. The van der Waals surface area contributed by atoms with Gasteiger partial charge in [-0.1, -0.05) is 25.7 Å². The fraction of sp³-hybridized carbons (Fsp3) is 0.857. The SMILES string of the molecule is CCOCCOCC(=O)NC1(C(=O)O)CCCCCC1. The second-order valence-corrected chi connectivity index (χ2v) is 5.10. The summed E-state index contributed by atoms with van der Waals surface area (Å²) >= 11 is 0. The first-order valence-electron chi connectivity index (χ1n) is 7.30. The average molecular weight is 287 g/mol. The van der Waals surface area contributed by atoms with E-state index in [1.165, 1.54) is 0 Å². The summed E-state index contributed by atoms with van der Waals surface area (Å²) < 4.78 is 10.3. The van der Waals surface area contributed by atoms with Crippen molar-refractivity contribution in [3.05, 3.63) is 0 Å². The molecule has 6 nitrogen and oxygen atoms in total. The maximum Gasteiger partial charge on any atom is 0.329 e. The molecule has 0 spiro atoms. The van der Waals surface area contributed by atoms with Gasteiger partial charge in [-0.05, 0) is 19.8 Å². The van der Waals surface area contributed by atoms with Gasteiger partial charge in [-0.3, -0.25) is 4.79 Å². The van der Waals surface area contributed by atoms with Gasteiger partial charge in [0, 0.05) is 6.61 Å². The van der Waals surface area contributed by atoms with Crippen LogP contribution in [0.3, 0.4) is 0 Å². The quantitative estimate of drug-likeness (QED) is 0.520. The molecule has 0 unspecified atom stereocenters. The molecule has 0 aliphatic heterocycles. The summed E-state index contributed by atoms with van der Waals surface area (Å²) in [5.74, 6) is -1.31. The standard InChI is InChI=1S/C14H25NO5/c1-2-19-9-10-20-11-12(16)15-14(13(17)18)7-5-3-4-6-8-14/h2-11H2,1H3,(H,15,16)(H,17,18). The summed E-state index contributed by atoms with van der Waals surface area (Å²) in [4.78, 5) is 23.3. The predicted molar refractivity (Wildman–Crippen MR) is 73.5 cm³/mol. The normalized spacial score (nSPS) is 18.2. The molecule has 0 aromatic heterocycles. The zero-order valence-electron chi connectivity index (χ0n) is 12.2. The molecule has 0 aromatic rings. The smallest absolute Gasteiger partial charge is 0.329 e. The van der Waals surface area contributed by atoms with Crippen molar-refractivity contribution in [3.63, 3.8) is 0 Å². The summed E-state index contributed by atoms with van der Waals surface area (Å²) in [5.41, 5.74) is -1.11. The molecule has 116 valence electrons. The molecule has 1 amide bonds. The van der Waals surface area contributed by atoms with Gasteiger partial charge >= 0.3 is 5.97 Å². The van der Waals surface area contributed by atoms with E-state index >= 15 is 0 Å². The van der Waals surface area contributed by atoms with Crippen LogP contribution in [-0.4, -0.2) is 48.9 Å². The zero-order chi connectivity index (χ0) is 14.8. The Morgan fingerprint density at radius 3 is 2.25 bits per heavy atom. The molecule has 0 radical (unpaired) electrons.